The summed E-state index contributed by atoms with van der Waals surface area (Å²) in [4.78, 5) is 8.66. The molecule has 2 rings (SSSR count). The van der Waals surface area contributed by atoms with Crippen LogP contribution in [-0.4, -0.2) is 31.5 Å². The van der Waals surface area contributed by atoms with Crippen molar-refractivity contribution in [2.24, 2.45) is 0 Å². The molecule has 1 aromatic heterocycles. The van der Waals surface area contributed by atoms with E-state index < -0.39 is 8.32 Å². The van der Waals surface area contributed by atoms with Crippen molar-refractivity contribution in [3.8, 4) is 5.88 Å². The summed E-state index contributed by atoms with van der Waals surface area (Å²) in [6.07, 6.45) is 1.68. The number of nitrogens with zero attached hydrogens (tertiary/aromatic N) is 2. The highest BCUT2D eigenvalue weighted by molar-refractivity contribution is 9.10. The quantitative estimate of drug-likeness (QED) is 0.445. The lowest BCUT2D eigenvalue weighted by Gasteiger charge is -2.36. The summed E-state index contributed by atoms with van der Waals surface area (Å²) in [5, 5.41) is 3.40. The third kappa shape index (κ3) is 6.07. The Morgan fingerprint density at radius 1 is 1.15 bits per heavy atom. The van der Waals surface area contributed by atoms with E-state index in [1.165, 1.54) is 0 Å². The zero-order valence-electron chi connectivity index (χ0n) is 16.4. The van der Waals surface area contributed by atoms with E-state index >= 15 is 0 Å². The molecular formula is C19H28BrN3O2Si. The molecule has 0 aliphatic rings. The molecule has 0 fully saturated rings. The molecule has 26 heavy (non-hydrogen) atoms. The molecule has 0 radical (unpaired) electrons. The predicted molar refractivity (Wildman–Crippen MR) is 113 cm³/mol. The number of hydrogen-bond donors (Lipinski definition) is 1. The van der Waals surface area contributed by atoms with Crippen LogP contribution in [0.15, 0.2) is 34.9 Å². The number of nitrogens with one attached hydrogen (secondary N) is 1. The molecule has 0 atom stereocenters. The molecule has 7 heteroatoms. The second kappa shape index (κ2) is 8.50. The number of rotatable bonds is 7. The molecular weight excluding hydrogens is 410 g/mol. The molecule has 2 aromatic rings. The minimum Gasteiger partial charge on any atom is -0.475 e. The summed E-state index contributed by atoms with van der Waals surface area (Å²) in [6.45, 7) is 14.2. The maximum absolute atomic E-state index is 6.12. The van der Waals surface area contributed by atoms with Crippen LogP contribution in [0.3, 0.4) is 0 Å². The SMILES string of the molecule is Cc1cc(Br)cc(Nc2nccc(OCCO[Si](C)(C)C(C)(C)C)n2)c1. The van der Waals surface area contributed by atoms with Crippen LogP contribution in [0.4, 0.5) is 11.6 Å². The Morgan fingerprint density at radius 2 is 1.88 bits per heavy atom. The minimum atomic E-state index is -1.75. The molecule has 0 unspecified atom stereocenters. The summed E-state index contributed by atoms with van der Waals surface area (Å²) < 4.78 is 12.9. The minimum absolute atomic E-state index is 0.196. The van der Waals surface area contributed by atoms with Crippen molar-refractivity contribution in [3.63, 3.8) is 0 Å². The number of benzene rings is 1. The van der Waals surface area contributed by atoms with Crippen LogP contribution in [-0.2, 0) is 4.43 Å². The molecule has 5 nitrogen and oxygen atoms in total. The number of hydrogen-bond acceptors (Lipinski definition) is 5. The van der Waals surface area contributed by atoms with Crippen LogP contribution in [0, 0.1) is 6.92 Å². The standard InChI is InChI=1S/C19H28BrN3O2Si/c1-14-11-15(20)13-16(12-14)22-18-21-8-7-17(23-18)24-9-10-25-26(5,6)19(2,3)4/h7-8,11-13H,9-10H2,1-6H3,(H,21,22,23). The lowest BCUT2D eigenvalue weighted by molar-refractivity contribution is 0.199. The van der Waals surface area contributed by atoms with Gasteiger partial charge in [-0.15, -0.1) is 0 Å². The molecule has 0 amide bonds. The molecule has 0 aliphatic heterocycles. The monoisotopic (exact) mass is 437 g/mol. The molecule has 0 saturated carbocycles. The van der Waals surface area contributed by atoms with Gasteiger partial charge in [0, 0.05) is 22.4 Å². The Morgan fingerprint density at radius 3 is 2.54 bits per heavy atom. The average Bonchev–Trinajstić information content (AvgIpc) is 2.50. The maximum Gasteiger partial charge on any atom is 0.230 e. The molecule has 0 spiro atoms. The number of aryl methyl sites for hydroxylation is 1. The van der Waals surface area contributed by atoms with Crippen LogP contribution >= 0.6 is 15.9 Å². The first kappa shape index (κ1) is 20.9. The van der Waals surface area contributed by atoms with Gasteiger partial charge >= 0.3 is 0 Å². The van der Waals surface area contributed by atoms with Crippen LogP contribution < -0.4 is 10.1 Å². The molecule has 0 aliphatic carbocycles. The highest BCUT2D eigenvalue weighted by atomic mass is 79.9. The number of aromatic nitrogens is 2. The van der Waals surface area contributed by atoms with Gasteiger partial charge in [-0.25, -0.2) is 4.98 Å². The van der Waals surface area contributed by atoms with Gasteiger partial charge in [-0.2, -0.15) is 4.98 Å². The fraction of sp³-hybridized carbons (Fsp3) is 0.474. The summed E-state index contributed by atoms with van der Waals surface area (Å²) >= 11 is 3.50. The first-order valence-corrected chi connectivity index (χ1v) is 12.4. The van der Waals surface area contributed by atoms with Gasteiger partial charge in [0.2, 0.25) is 11.8 Å². The summed E-state index contributed by atoms with van der Waals surface area (Å²) in [6, 6.07) is 7.82. The molecule has 142 valence electrons. The van der Waals surface area contributed by atoms with E-state index in [1.807, 2.05) is 25.1 Å². The zero-order chi connectivity index (χ0) is 19.4. The van der Waals surface area contributed by atoms with Crippen molar-refractivity contribution in [3.05, 3.63) is 40.5 Å². The Kier molecular flexibility index (Phi) is 6.82. The molecule has 1 heterocycles. The Labute approximate surface area is 165 Å². The van der Waals surface area contributed by atoms with E-state index in [4.69, 9.17) is 9.16 Å². The smallest absolute Gasteiger partial charge is 0.230 e. The van der Waals surface area contributed by atoms with Crippen molar-refractivity contribution < 1.29 is 9.16 Å². The van der Waals surface area contributed by atoms with Gasteiger partial charge in [0.15, 0.2) is 8.32 Å². The Bertz CT molecular complexity index is 728. The van der Waals surface area contributed by atoms with Gasteiger partial charge in [-0.1, -0.05) is 36.7 Å². The molecule has 1 aromatic carbocycles. The van der Waals surface area contributed by atoms with Crippen molar-refractivity contribution in [2.45, 2.75) is 45.8 Å². The fourth-order valence-corrected chi connectivity index (χ4v) is 3.71. The second-order valence-electron chi connectivity index (χ2n) is 7.82. The fourth-order valence-electron chi connectivity index (χ4n) is 2.08. The molecule has 0 bridgehead atoms. The van der Waals surface area contributed by atoms with E-state index in [1.54, 1.807) is 12.3 Å². The zero-order valence-corrected chi connectivity index (χ0v) is 19.0. The van der Waals surface area contributed by atoms with Crippen LogP contribution in [0.5, 0.6) is 5.88 Å². The summed E-state index contributed by atoms with van der Waals surface area (Å²) in [5.41, 5.74) is 2.08. The van der Waals surface area contributed by atoms with Crippen LogP contribution in [0.1, 0.15) is 26.3 Å². The second-order valence-corrected chi connectivity index (χ2v) is 13.5. The van der Waals surface area contributed by atoms with E-state index in [9.17, 15) is 0 Å². The van der Waals surface area contributed by atoms with Crippen molar-refractivity contribution >= 4 is 35.9 Å². The van der Waals surface area contributed by atoms with E-state index in [0.717, 1.165) is 15.7 Å². The lowest BCUT2D eigenvalue weighted by Crippen LogP contribution is -2.41. The maximum atomic E-state index is 6.12. The summed E-state index contributed by atoms with van der Waals surface area (Å²) in [7, 11) is -1.75. The van der Waals surface area contributed by atoms with Gasteiger partial charge < -0.3 is 14.5 Å². The Hall–Kier alpha value is -1.44. The van der Waals surface area contributed by atoms with E-state index in [0.29, 0.717) is 25.0 Å². The molecule has 1 N–H and O–H groups in total. The number of ether oxygens (including phenoxy) is 1. The van der Waals surface area contributed by atoms with Gasteiger partial charge in [0.1, 0.15) is 6.61 Å². The van der Waals surface area contributed by atoms with Gasteiger partial charge in [-0.3, -0.25) is 0 Å². The highest BCUT2D eigenvalue weighted by Gasteiger charge is 2.36. The van der Waals surface area contributed by atoms with Crippen molar-refractivity contribution in [2.75, 3.05) is 18.5 Å². The molecule has 0 saturated heterocycles. The topological polar surface area (TPSA) is 56.3 Å². The number of halogens is 1. The predicted octanol–water partition coefficient (Wildman–Crippen LogP) is 5.69. The Balaban J connectivity index is 1.91. The third-order valence-corrected chi connectivity index (χ3v) is 9.53. The normalized spacial score (nSPS) is 12.1. The third-order valence-electron chi connectivity index (χ3n) is 4.53. The largest absolute Gasteiger partial charge is 0.475 e. The first-order chi connectivity index (χ1) is 12.1. The van der Waals surface area contributed by atoms with Gasteiger partial charge in [0.25, 0.3) is 0 Å². The summed E-state index contributed by atoms with van der Waals surface area (Å²) in [5.74, 6) is 1.04. The van der Waals surface area contributed by atoms with Gasteiger partial charge in [0.05, 0.1) is 6.61 Å². The van der Waals surface area contributed by atoms with Crippen LogP contribution in [0.2, 0.25) is 18.1 Å². The van der Waals surface area contributed by atoms with Crippen molar-refractivity contribution in [1.82, 2.24) is 9.97 Å². The lowest BCUT2D eigenvalue weighted by atomic mass is 10.2. The number of anilines is 2. The van der Waals surface area contributed by atoms with E-state index in [2.05, 4.69) is 65.1 Å². The van der Waals surface area contributed by atoms with Crippen LogP contribution in [0.25, 0.3) is 0 Å². The first-order valence-electron chi connectivity index (χ1n) is 8.71. The van der Waals surface area contributed by atoms with E-state index in [-0.39, 0.29) is 5.04 Å². The van der Waals surface area contributed by atoms with Gasteiger partial charge in [-0.05, 0) is 48.8 Å². The average molecular weight is 438 g/mol. The highest BCUT2D eigenvalue weighted by Crippen LogP contribution is 2.36. The van der Waals surface area contributed by atoms with Crippen molar-refractivity contribution in [1.29, 1.82) is 0 Å².